The first-order valence-corrected chi connectivity index (χ1v) is 10.9. The number of nitrogens with zero attached hydrogens (tertiary/aromatic N) is 4. The monoisotopic (exact) mass is 480 g/mol. The number of aryl methyl sites for hydroxylation is 1. The molecule has 0 saturated carbocycles. The molecule has 0 aliphatic heterocycles. The zero-order chi connectivity index (χ0) is 23.3. The lowest BCUT2D eigenvalue weighted by atomic mass is 10.1. The summed E-state index contributed by atoms with van der Waals surface area (Å²) in [7, 11) is 2.98. The normalized spacial score (nSPS) is 11.4. The highest BCUT2D eigenvalue weighted by molar-refractivity contribution is 6.36. The molecule has 7 nitrogen and oxygen atoms in total. The largest absolute Gasteiger partial charge is 0.425 e. The average molecular weight is 481 g/mol. The quantitative estimate of drug-likeness (QED) is 0.372. The van der Waals surface area contributed by atoms with Crippen LogP contribution in [0.25, 0.3) is 21.9 Å². The first-order chi connectivity index (χ1) is 15.8. The van der Waals surface area contributed by atoms with Crippen LogP contribution in [0.2, 0.25) is 10.0 Å². The highest BCUT2D eigenvalue weighted by Gasteiger charge is 2.22. The van der Waals surface area contributed by atoms with Gasteiger partial charge >= 0.3 is 11.7 Å². The molecule has 0 atom stereocenters. The van der Waals surface area contributed by atoms with Crippen molar-refractivity contribution in [3.63, 3.8) is 0 Å². The molecule has 0 fully saturated rings. The molecule has 5 rings (SSSR count). The van der Waals surface area contributed by atoms with E-state index in [0.717, 1.165) is 15.3 Å². The van der Waals surface area contributed by atoms with E-state index < -0.39 is 11.2 Å². The van der Waals surface area contributed by atoms with Crippen molar-refractivity contribution in [2.45, 2.75) is 6.54 Å². The third-order valence-electron chi connectivity index (χ3n) is 5.62. The predicted octanol–water partition coefficient (Wildman–Crippen LogP) is 4.73. The molecular formula is C24H18Cl2N4O3. The van der Waals surface area contributed by atoms with Gasteiger partial charge in [0.05, 0.1) is 6.54 Å². The number of ether oxygens (including phenoxy) is 1. The third kappa shape index (κ3) is 3.59. The molecule has 0 aliphatic carbocycles. The molecule has 0 radical (unpaired) electrons. The number of hydrogen-bond acceptors (Lipinski definition) is 4. The first-order valence-electron chi connectivity index (χ1n) is 10.1. The van der Waals surface area contributed by atoms with Crippen LogP contribution >= 0.6 is 23.2 Å². The molecule has 0 unspecified atom stereocenters. The molecule has 2 heterocycles. The summed E-state index contributed by atoms with van der Waals surface area (Å²) in [5, 5.41) is 2.96. The zero-order valence-electron chi connectivity index (χ0n) is 17.8. The minimum atomic E-state index is -0.489. The summed E-state index contributed by atoms with van der Waals surface area (Å²) >= 11 is 12.8. The lowest BCUT2D eigenvalue weighted by Gasteiger charge is -2.13. The minimum absolute atomic E-state index is 0.130. The number of fused-ring (bicyclic) bond motifs is 2. The van der Waals surface area contributed by atoms with Crippen molar-refractivity contribution in [2.75, 3.05) is 0 Å². The van der Waals surface area contributed by atoms with Gasteiger partial charge in [-0.25, -0.2) is 4.79 Å². The highest BCUT2D eigenvalue weighted by Crippen LogP contribution is 2.31. The van der Waals surface area contributed by atoms with Gasteiger partial charge in [0.15, 0.2) is 11.2 Å². The number of imidazole rings is 1. The fourth-order valence-corrected chi connectivity index (χ4v) is 4.35. The van der Waals surface area contributed by atoms with Gasteiger partial charge in [-0.2, -0.15) is 4.98 Å². The molecular weight excluding hydrogens is 463 g/mol. The van der Waals surface area contributed by atoms with Crippen LogP contribution in [0.3, 0.4) is 0 Å². The second kappa shape index (κ2) is 8.10. The first kappa shape index (κ1) is 21.3. The number of aromatic nitrogens is 4. The van der Waals surface area contributed by atoms with Crippen molar-refractivity contribution in [2.24, 2.45) is 14.1 Å². The van der Waals surface area contributed by atoms with E-state index in [1.54, 1.807) is 29.8 Å². The molecule has 0 spiro atoms. The molecule has 3 aromatic carbocycles. The lowest BCUT2D eigenvalue weighted by Crippen LogP contribution is -2.37. The van der Waals surface area contributed by atoms with Crippen molar-refractivity contribution in [3.05, 3.63) is 97.1 Å². The maximum atomic E-state index is 13.1. The van der Waals surface area contributed by atoms with E-state index in [9.17, 15) is 9.59 Å². The van der Waals surface area contributed by atoms with Gasteiger partial charge in [-0.15, -0.1) is 0 Å². The van der Waals surface area contributed by atoms with Crippen LogP contribution in [-0.2, 0) is 20.6 Å². The van der Waals surface area contributed by atoms with E-state index in [-0.39, 0.29) is 23.7 Å². The SMILES string of the molecule is Cn1c(=O)c2c(nc(Oc3ccc4ccccc4c3)n2Cc2c(Cl)cccc2Cl)n(C)c1=O. The van der Waals surface area contributed by atoms with E-state index in [1.165, 1.54) is 11.6 Å². The summed E-state index contributed by atoms with van der Waals surface area (Å²) in [6.45, 7) is 0.130. The Hall–Kier alpha value is -3.55. The average Bonchev–Trinajstić information content (AvgIpc) is 3.16. The fraction of sp³-hybridized carbons (Fsp3) is 0.125. The second-order valence-electron chi connectivity index (χ2n) is 7.67. The molecule has 2 aromatic heterocycles. The molecule has 33 heavy (non-hydrogen) atoms. The number of benzene rings is 3. The van der Waals surface area contributed by atoms with Gasteiger partial charge in [-0.3, -0.25) is 18.5 Å². The molecule has 0 saturated heterocycles. The topological polar surface area (TPSA) is 71.1 Å². The van der Waals surface area contributed by atoms with E-state index in [4.69, 9.17) is 27.9 Å². The summed E-state index contributed by atoms with van der Waals surface area (Å²) in [5.41, 5.74) is 0.0650. The van der Waals surface area contributed by atoms with Gasteiger partial charge in [0.2, 0.25) is 0 Å². The molecule has 0 bridgehead atoms. The molecule has 0 amide bonds. The smallest absolute Gasteiger partial charge is 0.332 e. The van der Waals surface area contributed by atoms with Crippen LogP contribution in [-0.4, -0.2) is 18.7 Å². The summed E-state index contributed by atoms with van der Waals surface area (Å²) in [5.74, 6) is 0.539. The number of halogens is 2. The highest BCUT2D eigenvalue weighted by atomic mass is 35.5. The number of hydrogen-bond donors (Lipinski definition) is 0. The van der Waals surface area contributed by atoms with Crippen LogP contribution in [0.1, 0.15) is 5.56 Å². The third-order valence-corrected chi connectivity index (χ3v) is 6.33. The van der Waals surface area contributed by atoms with Crippen LogP contribution in [0.4, 0.5) is 0 Å². The Kier molecular flexibility index (Phi) is 5.23. The maximum absolute atomic E-state index is 13.1. The van der Waals surface area contributed by atoms with Crippen molar-refractivity contribution >= 4 is 45.1 Å². The second-order valence-corrected chi connectivity index (χ2v) is 8.48. The lowest BCUT2D eigenvalue weighted by molar-refractivity contribution is 0.421. The Morgan fingerprint density at radius 1 is 0.879 bits per heavy atom. The van der Waals surface area contributed by atoms with Crippen LogP contribution in [0.5, 0.6) is 11.8 Å². The maximum Gasteiger partial charge on any atom is 0.332 e. The zero-order valence-corrected chi connectivity index (χ0v) is 19.3. The van der Waals surface area contributed by atoms with Crippen LogP contribution in [0.15, 0.2) is 70.3 Å². The van der Waals surface area contributed by atoms with Crippen molar-refractivity contribution < 1.29 is 4.74 Å². The Labute approximate surface area is 198 Å². The van der Waals surface area contributed by atoms with Gasteiger partial charge in [0.1, 0.15) is 5.75 Å². The van der Waals surface area contributed by atoms with Crippen molar-refractivity contribution in [3.8, 4) is 11.8 Å². The minimum Gasteiger partial charge on any atom is -0.425 e. The van der Waals surface area contributed by atoms with Crippen LogP contribution in [0, 0.1) is 0 Å². The van der Waals surface area contributed by atoms with E-state index in [0.29, 0.717) is 21.4 Å². The van der Waals surface area contributed by atoms with Gasteiger partial charge < -0.3 is 4.74 Å². The molecule has 0 aliphatic rings. The van der Waals surface area contributed by atoms with Gasteiger partial charge in [-0.1, -0.05) is 59.6 Å². The predicted molar refractivity (Wildman–Crippen MR) is 130 cm³/mol. The number of rotatable bonds is 4. The molecule has 5 aromatic rings. The van der Waals surface area contributed by atoms with Gasteiger partial charge in [0, 0.05) is 29.7 Å². The summed E-state index contributed by atoms with van der Waals surface area (Å²) in [6, 6.07) is 18.9. The van der Waals surface area contributed by atoms with E-state index >= 15 is 0 Å². The van der Waals surface area contributed by atoms with E-state index in [1.807, 2.05) is 42.5 Å². The molecule has 0 N–H and O–H groups in total. The Morgan fingerprint density at radius 3 is 2.30 bits per heavy atom. The Balaban J connectivity index is 1.74. The van der Waals surface area contributed by atoms with E-state index in [2.05, 4.69) is 4.98 Å². The molecule has 166 valence electrons. The summed E-state index contributed by atoms with van der Waals surface area (Å²) in [4.78, 5) is 30.1. The van der Waals surface area contributed by atoms with Crippen molar-refractivity contribution in [1.29, 1.82) is 0 Å². The van der Waals surface area contributed by atoms with Crippen molar-refractivity contribution in [1.82, 2.24) is 18.7 Å². The Morgan fingerprint density at radius 2 is 1.58 bits per heavy atom. The van der Waals surface area contributed by atoms with Gasteiger partial charge in [0.25, 0.3) is 5.56 Å². The summed E-state index contributed by atoms with van der Waals surface area (Å²) in [6.07, 6.45) is 0. The fourth-order valence-electron chi connectivity index (χ4n) is 3.83. The summed E-state index contributed by atoms with van der Waals surface area (Å²) < 4.78 is 10.1. The van der Waals surface area contributed by atoms with Gasteiger partial charge in [-0.05, 0) is 35.0 Å². The Bertz CT molecular complexity index is 1650. The molecule has 9 heteroatoms. The van der Waals surface area contributed by atoms with Crippen LogP contribution < -0.4 is 16.0 Å². The standard InChI is InChI=1S/C24H18Cl2N4O3/c1-28-21-20(22(31)29(2)24(28)32)30(13-17-18(25)8-5-9-19(17)26)23(27-21)33-16-11-10-14-6-3-4-7-15(14)12-16/h3-12H,13H2,1-2H3.